The number of hydrogen-bond donors (Lipinski definition) is 1. The molecule has 8 heteroatoms. The summed E-state index contributed by atoms with van der Waals surface area (Å²) < 4.78 is 26.9. The first-order valence-electron chi connectivity index (χ1n) is 8.75. The summed E-state index contributed by atoms with van der Waals surface area (Å²) in [6.45, 7) is 3.73. The van der Waals surface area contributed by atoms with Crippen molar-refractivity contribution >= 4 is 27.7 Å². The van der Waals surface area contributed by atoms with Gasteiger partial charge in [-0.3, -0.25) is 4.99 Å². The average Bonchev–Trinajstić information content (AvgIpc) is 2.68. The molecule has 25 heavy (non-hydrogen) atoms. The number of nitrogens with two attached hydrogens (primary N) is 1. The van der Waals surface area contributed by atoms with E-state index in [1.165, 1.54) is 0 Å². The number of guanidine groups is 1. The zero-order chi connectivity index (χ0) is 17.7. The molecular formula is C17H26N4O2S2. The van der Waals surface area contributed by atoms with E-state index in [4.69, 9.17) is 5.73 Å². The SMILES string of the molecule is NC(=NCC1CCN(S(=O)(=O)c2ccccc2)CC1)N1CCSCC1. The van der Waals surface area contributed by atoms with Crippen LogP contribution in [-0.4, -0.2) is 67.8 Å². The Hall–Kier alpha value is -1.25. The molecule has 6 nitrogen and oxygen atoms in total. The Kier molecular flexibility index (Phi) is 6.24. The second-order valence-electron chi connectivity index (χ2n) is 6.46. The summed E-state index contributed by atoms with van der Waals surface area (Å²) in [4.78, 5) is 7.08. The quantitative estimate of drug-likeness (QED) is 0.630. The third-order valence-corrected chi connectivity index (χ3v) is 7.66. The van der Waals surface area contributed by atoms with Crippen LogP contribution >= 0.6 is 11.8 Å². The molecule has 2 heterocycles. The maximum Gasteiger partial charge on any atom is 0.243 e. The Balaban J connectivity index is 1.52. The molecule has 0 aromatic heterocycles. The number of sulfonamides is 1. The third-order valence-electron chi connectivity index (χ3n) is 4.80. The van der Waals surface area contributed by atoms with Gasteiger partial charge in [0.2, 0.25) is 10.0 Å². The van der Waals surface area contributed by atoms with Gasteiger partial charge in [0.25, 0.3) is 0 Å². The maximum absolute atomic E-state index is 12.6. The van der Waals surface area contributed by atoms with Crippen LogP contribution in [0.5, 0.6) is 0 Å². The van der Waals surface area contributed by atoms with Crippen LogP contribution in [0, 0.1) is 5.92 Å². The number of rotatable bonds is 4. The van der Waals surface area contributed by atoms with Crippen LogP contribution in [0.25, 0.3) is 0 Å². The highest BCUT2D eigenvalue weighted by Gasteiger charge is 2.29. The van der Waals surface area contributed by atoms with E-state index in [0.717, 1.165) is 37.4 Å². The fourth-order valence-electron chi connectivity index (χ4n) is 3.19. The molecule has 0 saturated carbocycles. The van der Waals surface area contributed by atoms with Crippen molar-refractivity contribution in [3.63, 3.8) is 0 Å². The first-order chi connectivity index (χ1) is 12.1. The van der Waals surface area contributed by atoms with Crippen molar-refractivity contribution in [3.05, 3.63) is 30.3 Å². The second-order valence-corrected chi connectivity index (χ2v) is 9.62. The van der Waals surface area contributed by atoms with Crippen LogP contribution < -0.4 is 5.73 Å². The molecule has 2 fully saturated rings. The summed E-state index contributed by atoms with van der Waals surface area (Å²) in [6.07, 6.45) is 1.66. The summed E-state index contributed by atoms with van der Waals surface area (Å²) >= 11 is 1.95. The molecule has 1 aromatic rings. The van der Waals surface area contributed by atoms with E-state index < -0.39 is 10.0 Å². The number of thioether (sulfide) groups is 1. The standard InChI is InChI=1S/C17H26N4O2S2/c18-17(20-10-12-24-13-11-20)19-14-15-6-8-21(9-7-15)25(22,23)16-4-2-1-3-5-16/h1-5,15H,6-14H2,(H2,18,19). The molecule has 1 aromatic carbocycles. The van der Waals surface area contributed by atoms with E-state index in [1.54, 1.807) is 28.6 Å². The zero-order valence-electron chi connectivity index (χ0n) is 14.4. The molecular weight excluding hydrogens is 356 g/mol. The summed E-state index contributed by atoms with van der Waals surface area (Å²) in [5.74, 6) is 3.25. The Morgan fingerprint density at radius 3 is 2.40 bits per heavy atom. The average molecular weight is 383 g/mol. The zero-order valence-corrected chi connectivity index (χ0v) is 16.0. The van der Waals surface area contributed by atoms with Gasteiger partial charge in [-0.2, -0.15) is 16.1 Å². The van der Waals surface area contributed by atoms with Crippen molar-refractivity contribution in [2.75, 3.05) is 44.2 Å². The van der Waals surface area contributed by atoms with Crippen molar-refractivity contribution in [1.82, 2.24) is 9.21 Å². The normalized spacial score (nSPS) is 21.4. The van der Waals surface area contributed by atoms with E-state index in [0.29, 0.717) is 36.4 Å². The van der Waals surface area contributed by atoms with Gasteiger partial charge in [0.15, 0.2) is 5.96 Å². The lowest BCUT2D eigenvalue weighted by atomic mass is 9.98. The lowest BCUT2D eigenvalue weighted by Crippen LogP contribution is -2.43. The minimum Gasteiger partial charge on any atom is -0.370 e. The van der Waals surface area contributed by atoms with Crippen LogP contribution in [0.15, 0.2) is 40.2 Å². The summed E-state index contributed by atoms with van der Waals surface area (Å²) in [5, 5.41) is 0. The molecule has 2 N–H and O–H groups in total. The molecule has 0 aliphatic carbocycles. The number of nitrogens with zero attached hydrogens (tertiary/aromatic N) is 3. The molecule has 3 rings (SSSR count). The van der Waals surface area contributed by atoms with Crippen molar-refractivity contribution in [2.45, 2.75) is 17.7 Å². The van der Waals surface area contributed by atoms with E-state index in [2.05, 4.69) is 9.89 Å². The molecule has 2 aliphatic rings. The van der Waals surface area contributed by atoms with Gasteiger partial charge in [-0.15, -0.1) is 0 Å². The Labute approximate surface area is 154 Å². The second kappa shape index (κ2) is 8.42. The van der Waals surface area contributed by atoms with Crippen LogP contribution in [-0.2, 0) is 10.0 Å². The maximum atomic E-state index is 12.6. The highest BCUT2D eigenvalue weighted by molar-refractivity contribution is 7.99. The molecule has 138 valence electrons. The lowest BCUT2D eigenvalue weighted by molar-refractivity contribution is 0.278. The van der Waals surface area contributed by atoms with E-state index in [1.807, 2.05) is 17.8 Å². The fourth-order valence-corrected chi connectivity index (χ4v) is 5.58. The summed E-state index contributed by atoms with van der Waals surface area (Å²) in [7, 11) is -3.37. The first kappa shape index (κ1) is 18.5. The smallest absolute Gasteiger partial charge is 0.243 e. The molecule has 0 amide bonds. The minimum atomic E-state index is -3.37. The molecule has 2 aliphatic heterocycles. The van der Waals surface area contributed by atoms with Crippen molar-refractivity contribution in [1.29, 1.82) is 0 Å². The Morgan fingerprint density at radius 2 is 1.76 bits per heavy atom. The van der Waals surface area contributed by atoms with Crippen molar-refractivity contribution in [3.8, 4) is 0 Å². The monoisotopic (exact) mass is 382 g/mol. The fraction of sp³-hybridized carbons (Fsp3) is 0.588. The van der Waals surface area contributed by atoms with Gasteiger partial charge in [-0.1, -0.05) is 18.2 Å². The number of hydrogen-bond acceptors (Lipinski definition) is 4. The van der Waals surface area contributed by atoms with Crippen LogP contribution in [0.1, 0.15) is 12.8 Å². The molecule has 0 unspecified atom stereocenters. The molecule has 0 bridgehead atoms. The van der Waals surface area contributed by atoms with E-state index in [-0.39, 0.29) is 0 Å². The highest BCUT2D eigenvalue weighted by atomic mass is 32.2. The molecule has 2 saturated heterocycles. The lowest BCUT2D eigenvalue weighted by Gasteiger charge is -2.31. The van der Waals surface area contributed by atoms with Gasteiger partial charge in [0, 0.05) is 44.2 Å². The van der Waals surface area contributed by atoms with E-state index >= 15 is 0 Å². The minimum absolute atomic E-state index is 0.374. The van der Waals surface area contributed by atoms with Crippen molar-refractivity contribution < 1.29 is 8.42 Å². The molecule has 0 atom stereocenters. The Morgan fingerprint density at radius 1 is 1.12 bits per heavy atom. The number of benzene rings is 1. The van der Waals surface area contributed by atoms with Gasteiger partial charge in [0.1, 0.15) is 0 Å². The van der Waals surface area contributed by atoms with Gasteiger partial charge in [-0.25, -0.2) is 8.42 Å². The summed E-state index contributed by atoms with van der Waals surface area (Å²) in [6, 6.07) is 8.66. The molecule has 0 radical (unpaired) electrons. The van der Waals surface area contributed by atoms with E-state index in [9.17, 15) is 8.42 Å². The van der Waals surface area contributed by atoms with Gasteiger partial charge >= 0.3 is 0 Å². The molecule has 0 spiro atoms. The predicted octanol–water partition coefficient (Wildman–Crippen LogP) is 1.45. The van der Waals surface area contributed by atoms with Gasteiger partial charge < -0.3 is 10.6 Å². The van der Waals surface area contributed by atoms with Crippen molar-refractivity contribution in [2.24, 2.45) is 16.6 Å². The largest absolute Gasteiger partial charge is 0.370 e. The first-order valence-corrected chi connectivity index (χ1v) is 11.3. The van der Waals surface area contributed by atoms with Gasteiger partial charge in [0.05, 0.1) is 4.90 Å². The predicted molar refractivity (Wildman–Crippen MR) is 103 cm³/mol. The Bertz CT molecular complexity index is 680. The van der Waals surface area contributed by atoms with Gasteiger partial charge in [-0.05, 0) is 30.9 Å². The highest BCUT2D eigenvalue weighted by Crippen LogP contribution is 2.24. The van der Waals surface area contributed by atoms with Crippen LogP contribution in [0.2, 0.25) is 0 Å². The summed E-state index contributed by atoms with van der Waals surface area (Å²) in [5.41, 5.74) is 6.10. The topological polar surface area (TPSA) is 79.0 Å². The van der Waals surface area contributed by atoms with Crippen LogP contribution in [0.4, 0.5) is 0 Å². The number of piperidine rings is 1. The van der Waals surface area contributed by atoms with Crippen LogP contribution in [0.3, 0.4) is 0 Å². The third kappa shape index (κ3) is 4.68. The number of aliphatic imine (C=N–C) groups is 1.